The molecule has 2 aliphatic rings. The van der Waals surface area contributed by atoms with E-state index >= 15 is 0 Å². The molecule has 2 N–H and O–H groups in total. The Morgan fingerprint density at radius 2 is 1.97 bits per heavy atom. The average molecular weight is 527 g/mol. The second-order valence-corrected chi connectivity index (χ2v) is 10.3. The number of aromatic amines is 2. The van der Waals surface area contributed by atoms with Crippen molar-refractivity contribution in [2.24, 2.45) is 0 Å². The number of halogens is 1. The highest BCUT2D eigenvalue weighted by molar-refractivity contribution is 5.99. The summed E-state index contributed by atoms with van der Waals surface area (Å²) in [6.45, 7) is 3.67. The molecule has 1 saturated heterocycles. The van der Waals surface area contributed by atoms with Gasteiger partial charge in [0.25, 0.3) is 11.5 Å². The predicted molar refractivity (Wildman–Crippen MR) is 142 cm³/mol. The lowest BCUT2D eigenvalue weighted by molar-refractivity contribution is 0.0689. The fourth-order valence-corrected chi connectivity index (χ4v) is 6.08. The normalized spacial score (nSPS) is 18.1. The van der Waals surface area contributed by atoms with E-state index < -0.39 is 6.04 Å². The van der Waals surface area contributed by atoms with Crippen molar-refractivity contribution in [3.8, 4) is 0 Å². The number of aromatic nitrogens is 5. The van der Waals surface area contributed by atoms with E-state index in [0.717, 1.165) is 35.4 Å². The second-order valence-electron chi connectivity index (χ2n) is 10.3. The van der Waals surface area contributed by atoms with Crippen LogP contribution in [-0.4, -0.2) is 54.9 Å². The average Bonchev–Trinajstić information content (AvgIpc) is 3.61. The number of nitrogens with one attached hydrogen (secondary N) is 2. The van der Waals surface area contributed by atoms with Gasteiger partial charge in [-0.1, -0.05) is 12.1 Å². The van der Waals surface area contributed by atoms with Gasteiger partial charge in [0.2, 0.25) is 0 Å². The minimum Gasteiger partial charge on any atom is -0.381 e. The highest BCUT2D eigenvalue weighted by atomic mass is 19.1. The molecule has 9 nitrogen and oxygen atoms in total. The summed E-state index contributed by atoms with van der Waals surface area (Å²) in [5.41, 5.74) is 5.15. The van der Waals surface area contributed by atoms with Crippen LogP contribution in [0, 0.1) is 12.7 Å². The van der Waals surface area contributed by atoms with Crippen LogP contribution in [0.1, 0.15) is 63.5 Å². The number of benzene rings is 2. The van der Waals surface area contributed by atoms with E-state index in [9.17, 15) is 14.0 Å². The van der Waals surface area contributed by atoms with Crippen molar-refractivity contribution in [3.63, 3.8) is 0 Å². The number of hydrogen-bond acceptors (Lipinski definition) is 5. The van der Waals surface area contributed by atoms with Crippen molar-refractivity contribution in [3.05, 3.63) is 99.0 Å². The smallest absolute Gasteiger partial charge is 0.274 e. The zero-order valence-corrected chi connectivity index (χ0v) is 21.4. The largest absolute Gasteiger partial charge is 0.381 e. The molecule has 5 heterocycles. The van der Waals surface area contributed by atoms with Crippen molar-refractivity contribution >= 4 is 22.5 Å². The zero-order valence-electron chi connectivity index (χ0n) is 21.4. The summed E-state index contributed by atoms with van der Waals surface area (Å²) in [5, 5.41) is 0. The van der Waals surface area contributed by atoms with Gasteiger partial charge in [-0.2, -0.15) is 0 Å². The van der Waals surface area contributed by atoms with E-state index in [-0.39, 0.29) is 23.2 Å². The van der Waals surface area contributed by atoms with Crippen LogP contribution in [0.5, 0.6) is 0 Å². The van der Waals surface area contributed by atoms with Crippen LogP contribution >= 0.6 is 0 Å². The van der Waals surface area contributed by atoms with Gasteiger partial charge in [-0.05, 0) is 55.2 Å². The quantitative estimate of drug-likeness (QED) is 0.369. The Bertz CT molecular complexity index is 1800. The molecule has 2 aliphatic heterocycles. The first-order valence-electron chi connectivity index (χ1n) is 13.2. The van der Waals surface area contributed by atoms with Crippen molar-refractivity contribution < 1.29 is 13.9 Å². The summed E-state index contributed by atoms with van der Waals surface area (Å²) in [5.74, 6) is 0.465. The van der Waals surface area contributed by atoms with Gasteiger partial charge in [0.05, 0.1) is 29.3 Å². The number of hydrogen-bond donors (Lipinski definition) is 2. The van der Waals surface area contributed by atoms with Crippen LogP contribution < -0.4 is 5.56 Å². The maximum atomic E-state index is 14.2. The Morgan fingerprint density at radius 3 is 2.79 bits per heavy atom. The molecule has 1 atom stereocenters. The minimum absolute atomic E-state index is 0.191. The molecular formula is C29H27FN6O3. The van der Waals surface area contributed by atoms with Crippen molar-refractivity contribution in [2.75, 3.05) is 19.8 Å². The first-order chi connectivity index (χ1) is 19.0. The van der Waals surface area contributed by atoms with Gasteiger partial charge in [0, 0.05) is 43.4 Å². The highest BCUT2D eigenvalue weighted by Crippen LogP contribution is 2.36. The van der Waals surface area contributed by atoms with Gasteiger partial charge in [0.1, 0.15) is 23.2 Å². The molecule has 198 valence electrons. The fourth-order valence-electron chi connectivity index (χ4n) is 6.08. The number of ether oxygens (including phenoxy) is 1. The molecule has 2 aromatic carbocycles. The van der Waals surface area contributed by atoms with Gasteiger partial charge >= 0.3 is 0 Å². The van der Waals surface area contributed by atoms with Gasteiger partial charge in [0.15, 0.2) is 0 Å². The Morgan fingerprint density at radius 1 is 1.13 bits per heavy atom. The lowest BCUT2D eigenvalue weighted by atomic mass is 9.94. The Kier molecular flexibility index (Phi) is 5.59. The molecule has 0 saturated carbocycles. The Hall–Kier alpha value is -4.31. The van der Waals surface area contributed by atoms with E-state index in [1.165, 1.54) is 12.1 Å². The number of fused-ring (bicyclic) bond motifs is 4. The third-order valence-corrected chi connectivity index (χ3v) is 8.02. The third-order valence-electron chi connectivity index (χ3n) is 8.02. The third kappa shape index (κ3) is 3.85. The Labute approximate surface area is 222 Å². The van der Waals surface area contributed by atoms with Crippen LogP contribution in [-0.2, 0) is 11.2 Å². The van der Waals surface area contributed by atoms with Crippen LogP contribution in [0.2, 0.25) is 0 Å². The number of amides is 1. The van der Waals surface area contributed by atoms with Crippen LogP contribution in [0.4, 0.5) is 4.39 Å². The number of aryl methyl sites for hydroxylation is 1. The molecule has 1 unspecified atom stereocenters. The predicted octanol–water partition coefficient (Wildman–Crippen LogP) is 4.03. The molecule has 39 heavy (non-hydrogen) atoms. The van der Waals surface area contributed by atoms with E-state index in [0.29, 0.717) is 54.0 Å². The summed E-state index contributed by atoms with van der Waals surface area (Å²) in [6.07, 6.45) is 5.53. The molecule has 0 bridgehead atoms. The molecule has 1 amide bonds. The topological polar surface area (TPSA) is 108 Å². The van der Waals surface area contributed by atoms with E-state index in [4.69, 9.17) is 4.74 Å². The lowest BCUT2D eigenvalue weighted by Gasteiger charge is -2.35. The standard InChI is InChI=1S/C29H27FN6O3/c1-16-11-23-22(34-28(37)24-14-31-27(36(23)24)17-6-9-39-10-7-17)13-20(16)29(38)35-8-5-21-25(33-15-32-21)26(35)18-3-2-4-19(30)12-18/h2-4,11-15,17,26H,5-10H2,1H3,(H,32,33)(H,34,37). The van der Waals surface area contributed by atoms with Gasteiger partial charge in [-0.3, -0.25) is 14.0 Å². The molecular weight excluding hydrogens is 499 g/mol. The molecule has 1 fully saturated rings. The number of carbonyl (C=O) groups excluding carboxylic acids is 1. The van der Waals surface area contributed by atoms with Crippen LogP contribution in [0.15, 0.2) is 53.7 Å². The van der Waals surface area contributed by atoms with Crippen molar-refractivity contribution in [1.82, 2.24) is 29.2 Å². The maximum Gasteiger partial charge on any atom is 0.274 e. The SMILES string of the molecule is Cc1cc2c(cc1C(=O)N1CCc3[nH]cnc3C1c1cccc(F)c1)[nH]c(=O)c1cnc(C3CCOCC3)n12. The minimum atomic E-state index is -0.534. The number of rotatable bonds is 3. The second kappa shape index (κ2) is 9.16. The molecule has 0 radical (unpaired) electrons. The van der Waals surface area contributed by atoms with Gasteiger partial charge in [-0.25, -0.2) is 14.4 Å². The molecule has 0 aliphatic carbocycles. The molecule has 7 rings (SSSR count). The molecule has 5 aromatic rings. The zero-order chi connectivity index (χ0) is 26.7. The molecule has 3 aromatic heterocycles. The van der Waals surface area contributed by atoms with E-state index in [2.05, 4.69) is 19.9 Å². The van der Waals surface area contributed by atoms with Crippen molar-refractivity contribution in [2.45, 2.75) is 38.1 Å². The van der Waals surface area contributed by atoms with Gasteiger partial charge in [-0.15, -0.1) is 0 Å². The number of imidazole rings is 2. The van der Waals surface area contributed by atoms with E-state index in [1.807, 2.05) is 23.5 Å². The van der Waals surface area contributed by atoms with Crippen LogP contribution in [0.25, 0.3) is 16.6 Å². The number of carbonyl (C=O) groups is 1. The molecule has 10 heteroatoms. The molecule has 0 spiro atoms. The summed E-state index contributed by atoms with van der Waals surface area (Å²) >= 11 is 0. The monoisotopic (exact) mass is 526 g/mol. The summed E-state index contributed by atoms with van der Waals surface area (Å²) in [4.78, 5) is 44.2. The summed E-state index contributed by atoms with van der Waals surface area (Å²) in [6, 6.07) is 9.46. The van der Waals surface area contributed by atoms with E-state index in [1.54, 1.807) is 29.6 Å². The number of nitrogens with zero attached hydrogens (tertiary/aromatic N) is 4. The summed E-state index contributed by atoms with van der Waals surface area (Å²) < 4.78 is 21.7. The first kappa shape index (κ1) is 23.8. The fraction of sp³-hybridized carbons (Fsp3) is 0.310. The first-order valence-corrected chi connectivity index (χ1v) is 13.2. The van der Waals surface area contributed by atoms with Gasteiger partial charge < -0.3 is 19.6 Å². The maximum absolute atomic E-state index is 14.2. The van der Waals surface area contributed by atoms with Crippen LogP contribution in [0.3, 0.4) is 0 Å². The summed E-state index contributed by atoms with van der Waals surface area (Å²) in [7, 11) is 0. The highest BCUT2D eigenvalue weighted by Gasteiger charge is 2.35. The Balaban J connectivity index is 1.35. The number of H-pyrrole nitrogens is 2. The van der Waals surface area contributed by atoms with Crippen molar-refractivity contribution in [1.29, 1.82) is 0 Å². The lowest BCUT2D eigenvalue weighted by Crippen LogP contribution is -2.41.